The number of halogens is 1. The first kappa shape index (κ1) is 17.9. The molecule has 1 heterocycles. The Labute approximate surface area is 130 Å². The second kappa shape index (κ2) is 7.71. The summed E-state index contributed by atoms with van der Waals surface area (Å²) in [5.41, 5.74) is 0. The topological polar surface area (TPSA) is 111 Å². The van der Waals surface area contributed by atoms with Gasteiger partial charge in [0.05, 0.1) is 0 Å². The van der Waals surface area contributed by atoms with Crippen molar-refractivity contribution in [2.45, 2.75) is 51.4 Å². The maximum absolute atomic E-state index is 11.3. The van der Waals surface area contributed by atoms with E-state index in [9.17, 15) is 19.5 Å². The maximum Gasteiger partial charge on any atom is 0.303 e. The first-order chi connectivity index (χ1) is 9.76. The Kier molecular flexibility index (Phi) is 6.56. The molecule has 1 aliphatic heterocycles. The quantitative estimate of drug-likeness (QED) is 0.507. The van der Waals surface area contributed by atoms with E-state index >= 15 is 0 Å². The van der Waals surface area contributed by atoms with Crippen LogP contribution in [0, 0.1) is 0 Å². The van der Waals surface area contributed by atoms with Gasteiger partial charge in [-0.1, -0.05) is 15.9 Å². The minimum atomic E-state index is -1.40. The number of hydrogen-bond acceptors (Lipinski definition) is 7. The summed E-state index contributed by atoms with van der Waals surface area (Å²) in [6.07, 6.45) is -4.13. The first-order valence-electron chi connectivity index (χ1n) is 6.27. The number of ether oxygens (including phenoxy) is 3. The van der Waals surface area contributed by atoms with Crippen molar-refractivity contribution in [3.05, 3.63) is 0 Å². The monoisotopic (exact) mass is 367 g/mol. The summed E-state index contributed by atoms with van der Waals surface area (Å²) in [4.78, 5) is 33.7. The summed E-state index contributed by atoms with van der Waals surface area (Å²) in [6.45, 7) is 3.63. The van der Waals surface area contributed by atoms with E-state index in [1.807, 2.05) is 0 Å². The molecule has 0 saturated carbocycles. The lowest BCUT2D eigenvalue weighted by Gasteiger charge is -2.43. The van der Waals surface area contributed by atoms with E-state index in [-0.39, 0.29) is 5.33 Å². The van der Waals surface area contributed by atoms with Crippen LogP contribution in [0.4, 0.5) is 0 Å². The lowest BCUT2D eigenvalue weighted by atomic mass is 9.97. The third-order valence-corrected chi connectivity index (χ3v) is 3.43. The standard InChI is InChI=1S/C12H18BrNO7/c1-5(15)14-9-11(20-7(3)17)10(19-6(2)16)8(4-13)21-12(9)18/h8-12,18H,4H2,1-3H3,(H,14,15)/t8-,9-,10-,11-,12+/m1/s1. The number of amides is 1. The summed E-state index contributed by atoms with van der Waals surface area (Å²) in [5, 5.41) is 12.6. The van der Waals surface area contributed by atoms with Crippen molar-refractivity contribution in [3.63, 3.8) is 0 Å². The Bertz CT molecular complexity index is 416. The Balaban J connectivity index is 3.08. The van der Waals surface area contributed by atoms with Crippen molar-refractivity contribution in [3.8, 4) is 0 Å². The Morgan fingerprint density at radius 1 is 1.14 bits per heavy atom. The van der Waals surface area contributed by atoms with Crippen molar-refractivity contribution in [1.82, 2.24) is 5.32 Å². The average molecular weight is 368 g/mol. The van der Waals surface area contributed by atoms with E-state index in [1.54, 1.807) is 0 Å². The highest BCUT2D eigenvalue weighted by molar-refractivity contribution is 9.09. The summed E-state index contributed by atoms with van der Waals surface area (Å²) in [6, 6.07) is -1.04. The van der Waals surface area contributed by atoms with Gasteiger partial charge in [0.25, 0.3) is 0 Å². The molecule has 0 aliphatic carbocycles. The maximum atomic E-state index is 11.3. The third-order valence-electron chi connectivity index (χ3n) is 2.79. The predicted octanol–water partition coefficient (Wildman–Crippen LogP) is -0.533. The zero-order valence-corrected chi connectivity index (χ0v) is 13.5. The number of carbonyl (C=O) groups is 3. The zero-order valence-electron chi connectivity index (χ0n) is 11.9. The second-order valence-corrected chi connectivity index (χ2v) is 5.24. The van der Waals surface area contributed by atoms with Crippen LogP contribution in [0.2, 0.25) is 0 Å². The molecule has 1 fully saturated rings. The van der Waals surface area contributed by atoms with Gasteiger partial charge in [0, 0.05) is 26.1 Å². The van der Waals surface area contributed by atoms with Crippen LogP contribution in [-0.2, 0) is 28.6 Å². The van der Waals surface area contributed by atoms with Crippen molar-refractivity contribution in [2.24, 2.45) is 0 Å². The minimum Gasteiger partial charge on any atom is -0.456 e. The summed E-state index contributed by atoms with van der Waals surface area (Å²) >= 11 is 3.18. The van der Waals surface area contributed by atoms with Crippen LogP contribution in [0.25, 0.3) is 0 Å². The third kappa shape index (κ3) is 4.94. The molecule has 1 rings (SSSR count). The van der Waals surface area contributed by atoms with E-state index in [4.69, 9.17) is 14.2 Å². The Morgan fingerprint density at radius 3 is 2.10 bits per heavy atom. The highest BCUT2D eigenvalue weighted by atomic mass is 79.9. The second-order valence-electron chi connectivity index (χ2n) is 4.59. The van der Waals surface area contributed by atoms with Gasteiger partial charge in [0.15, 0.2) is 18.5 Å². The van der Waals surface area contributed by atoms with Crippen LogP contribution in [0.15, 0.2) is 0 Å². The molecule has 5 atom stereocenters. The van der Waals surface area contributed by atoms with Crippen LogP contribution in [0.5, 0.6) is 0 Å². The Hall–Kier alpha value is -1.19. The van der Waals surface area contributed by atoms with Gasteiger partial charge in [-0.25, -0.2) is 0 Å². The van der Waals surface area contributed by atoms with Crippen LogP contribution in [0.1, 0.15) is 20.8 Å². The molecule has 0 radical (unpaired) electrons. The molecule has 1 aliphatic rings. The fourth-order valence-corrected chi connectivity index (χ4v) is 2.62. The summed E-state index contributed by atoms with van der Waals surface area (Å²) < 4.78 is 15.6. The van der Waals surface area contributed by atoms with Gasteiger partial charge in [-0.2, -0.15) is 0 Å². The fourth-order valence-electron chi connectivity index (χ4n) is 2.10. The van der Waals surface area contributed by atoms with E-state index in [1.165, 1.54) is 20.8 Å². The van der Waals surface area contributed by atoms with Crippen LogP contribution >= 0.6 is 15.9 Å². The SMILES string of the molecule is CC(=O)N[C@@H]1[C@@H](OC(C)=O)[C@H](OC(C)=O)[C@@H](CBr)O[C@@H]1O. The molecule has 1 amide bonds. The average Bonchev–Trinajstić information content (AvgIpc) is 2.35. The molecule has 0 aromatic rings. The zero-order chi connectivity index (χ0) is 16.2. The number of rotatable bonds is 4. The number of nitrogens with one attached hydrogen (secondary N) is 1. The van der Waals surface area contributed by atoms with Crippen LogP contribution in [-0.4, -0.2) is 58.9 Å². The molecule has 2 N–H and O–H groups in total. The molecule has 120 valence electrons. The van der Waals surface area contributed by atoms with E-state index in [0.717, 1.165) is 0 Å². The molecular weight excluding hydrogens is 350 g/mol. The number of carbonyl (C=O) groups excluding carboxylic acids is 3. The van der Waals surface area contributed by atoms with Gasteiger partial charge in [-0.15, -0.1) is 0 Å². The van der Waals surface area contributed by atoms with Crippen molar-refractivity contribution >= 4 is 33.8 Å². The van der Waals surface area contributed by atoms with E-state index in [0.29, 0.717) is 0 Å². The molecule has 0 bridgehead atoms. The molecule has 0 aromatic heterocycles. The van der Waals surface area contributed by atoms with Gasteiger partial charge in [-0.05, 0) is 0 Å². The van der Waals surface area contributed by atoms with Crippen molar-refractivity contribution < 1.29 is 33.7 Å². The Morgan fingerprint density at radius 2 is 1.67 bits per heavy atom. The van der Waals surface area contributed by atoms with Gasteiger partial charge >= 0.3 is 11.9 Å². The smallest absolute Gasteiger partial charge is 0.303 e. The van der Waals surface area contributed by atoms with Crippen molar-refractivity contribution in [2.75, 3.05) is 5.33 Å². The number of hydrogen-bond donors (Lipinski definition) is 2. The fraction of sp³-hybridized carbons (Fsp3) is 0.750. The molecule has 8 nitrogen and oxygen atoms in total. The van der Waals surface area contributed by atoms with Crippen molar-refractivity contribution in [1.29, 1.82) is 0 Å². The molecular formula is C12H18BrNO7. The largest absolute Gasteiger partial charge is 0.456 e. The summed E-state index contributed by atoms with van der Waals surface area (Å²) in [7, 11) is 0. The lowest BCUT2D eigenvalue weighted by molar-refractivity contribution is -0.252. The molecule has 21 heavy (non-hydrogen) atoms. The van der Waals surface area contributed by atoms with E-state index in [2.05, 4.69) is 21.2 Å². The van der Waals surface area contributed by atoms with Gasteiger partial charge in [-0.3, -0.25) is 14.4 Å². The van der Waals surface area contributed by atoms with Crippen LogP contribution in [0.3, 0.4) is 0 Å². The van der Waals surface area contributed by atoms with Gasteiger partial charge in [0.1, 0.15) is 12.1 Å². The molecule has 0 unspecified atom stereocenters. The molecule has 0 aromatic carbocycles. The van der Waals surface area contributed by atoms with Gasteiger partial charge < -0.3 is 24.6 Å². The minimum absolute atomic E-state index is 0.243. The summed E-state index contributed by atoms with van der Waals surface area (Å²) in [5.74, 6) is -1.67. The van der Waals surface area contributed by atoms with E-state index < -0.39 is 48.5 Å². The van der Waals surface area contributed by atoms with Gasteiger partial charge in [0.2, 0.25) is 5.91 Å². The normalized spacial score (nSPS) is 32.1. The molecule has 1 saturated heterocycles. The number of aliphatic hydroxyl groups excluding tert-OH is 1. The molecule has 9 heteroatoms. The molecule has 0 spiro atoms. The number of esters is 2. The van der Waals surface area contributed by atoms with Crippen LogP contribution < -0.4 is 5.32 Å². The lowest BCUT2D eigenvalue weighted by Crippen LogP contribution is -2.65. The highest BCUT2D eigenvalue weighted by Gasteiger charge is 2.49. The first-order valence-corrected chi connectivity index (χ1v) is 7.39. The highest BCUT2D eigenvalue weighted by Crippen LogP contribution is 2.26. The number of aliphatic hydroxyl groups is 1. The predicted molar refractivity (Wildman–Crippen MR) is 73.4 cm³/mol. The number of alkyl halides is 1.